The molecule has 0 radical (unpaired) electrons. The molecule has 0 amide bonds. The first kappa shape index (κ1) is 12.7. The zero-order valence-electron chi connectivity index (χ0n) is 10.9. The third-order valence-electron chi connectivity index (χ3n) is 3.24. The molecule has 7 heteroatoms. The minimum absolute atomic E-state index is 0.214. The van der Waals surface area contributed by atoms with Gasteiger partial charge in [-0.1, -0.05) is 11.6 Å². The Morgan fingerprint density at radius 2 is 2.05 bits per heavy atom. The predicted octanol–water partition coefficient (Wildman–Crippen LogP) is 2.01. The molecule has 2 aromatic rings. The lowest BCUT2D eigenvalue weighted by Gasteiger charge is -2.13. The van der Waals surface area contributed by atoms with E-state index in [1.807, 2.05) is 0 Å². The molecule has 6 nitrogen and oxygen atoms in total. The van der Waals surface area contributed by atoms with Gasteiger partial charge in [0, 0.05) is 5.02 Å². The molecule has 0 fully saturated rings. The summed E-state index contributed by atoms with van der Waals surface area (Å²) in [7, 11) is 1.78. The van der Waals surface area contributed by atoms with Crippen molar-refractivity contribution in [2.75, 3.05) is 11.9 Å². The summed E-state index contributed by atoms with van der Waals surface area (Å²) < 4.78 is 8.35. The van der Waals surface area contributed by atoms with E-state index in [1.54, 1.807) is 47.7 Å². The summed E-state index contributed by atoms with van der Waals surface area (Å²) in [6.45, 7) is 1.71. The van der Waals surface area contributed by atoms with Crippen LogP contribution in [0.15, 0.2) is 33.6 Å². The van der Waals surface area contributed by atoms with E-state index in [-0.39, 0.29) is 5.56 Å². The monoisotopic (exact) mass is 291 g/mol. The maximum absolute atomic E-state index is 12.0. The van der Waals surface area contributed by atoms with Gasteiger partial charge in [-0.2, -0.15) is 9.48 Å². The quantitative estimate of drug-likeness (QED) is 0.523. The number of nitrogens with zero attached hydrogens (tertiary/aromatic N) is 3. The average Bonchev–Trinajstić information content (AvgIpc) is 2.91. The van der Waals surface area contributed by atoms with Crippen molar-refractivity contribution in [3.8, 4) is 0 Å². The highest BCUT2D eigenvalue weighted by molar-refractivity contribution is 6.30. The number of fused-ring (bicyclic) bond motifs is 2. The van der Waals surface area contributed by atoms with Crippen molar-refractivity contribution >= 4 is 35.5 Å². The fourth-order valence-electron chi connectivity index (χ4n) is 2.22. The topological polar surface area (TPSA) is 65.2 Å². The molecule has 0 spiro atoms. The van der Waals surface area contributed by atoms with Gasteiger partial charge < -0.3 is 0 Å². The van der Waals surface area contributed by atoms with Gasteiger partial charge in [-0.05, 0) is 35.9 Å². The van der Waals surface area contributed by atoms with Crippen LogP contribution in [0.25, 0.3) is 0 Å². The molecule has 1 N–H and O–H groups in total. The van der Waals surface area contributed by atoms with E-state index in [4.69, 9.17) is 21.5 Å². The van der Waals surface area contributed by atoms with Crippen LogP contribution < -0.4 is 10.5 Å². The van der Waals surface area contributed by atoms with Crippen molar-refractivity contribution in [3.05, 3.63) is 45.2 Å². The van der Waals surface area contributed by atoms with Crippen molar-refractivity contribution in [2.45, 2.75) is 6.92 Å². The Bertz CT molecular complexity index is 786. The van der Waals surface area contributed by atoms with Crippen LogP contribution in [0.3, 0.4) is 0 Å². The van der Waals surface area contributed by atoms with Gasteiger partial charge in [-0.25, -0.2) is 4.79 Å². The number of aromatic nitrogens is 1. The van der Waals surface area contributed by atoms with E-state index < -0.39 is 0 Å². The molecular formula is C13H12ClN4O2+. The molecule has 0 atom stereocenters. The maximum atomic E-state index is 12.0. The van der Waals surface area contributed by atoms with E-state index in [0.29, 0.717) is 28.1 Å². The number of benzene rings is 1. The summed E-state index contributed by atoms with van der Waals surface area (Å²) >= 11 is 5.86. The van der Waals surface area contributed by atoms with E-state index >= 15 is 0 Å². The van der Waals surface area contributed by atoms with Crippen LogP contribution in [0.5, 0.6) is 0 Å². The fourth-order valence-corrected chi connectivity index (χ4v) is 2.35. The van der Waals surface area contributed by atoms with Gasteiger partial charge in [0.1, 0.15) is 11.3 Å². The van der Waals surface area contributed by atoms with Crippen molar-refractivity contribution < 1.29 is 9.10 Å². The molecule has 0 saturated carbocycles. The Morgan fingerprint density at radius 3 is 2.60 bits per heavy atom. The summed E-state index contributed by atoms with van der Waals surface area (Å²) in [5.74, 6) is 0.957. The summed E-state index contributed by atoms with van der Waals surface area (Å²) in [4.78, 5) is 13.6. The average molecular weight is 292 g/mol. The third kappa shape index (κ3) is 1.61. The summed E-state index contributed by atoms with van der Waals surface area (Å²) in [5.41, 5.74) is 1.06. The van der Waals surface area contributed by atoms with Crippen LogP contribution in [0, 0.1) is 12.3 Å². The Kier molecular flexibility index (Phi) is 2.76. The number of rotatable bonds is 2. The van der Waals surface area contributed by atoms with E-state index in [2.05, 4.69) is 0 Å². The van der Waals surface area contributed by atoms with Crippen LogP contribution in [-0.4, -0.2) is 28.7 Å². The number of anilines is 1. The summed E-state index contributed by atoms with van der Waals surface area (Å²) in [5, 5.41) is 8.22. The largest absolute Gasteiger partial charge is 0.414 e. The molecule has 1 aromatic heterocycles. The van der Waals surface area contributed by atoms with Crippen LogP contribution in [-0.2, 0) is 0 Å². The normalized spacial score (nSPS) is 12.9. The van der Waals surface area contributed by atoms with Gasteiger partial charge in [0.15, 0.2) is 6.34 Å². The van der Waals surface area contributed by atoms with E-state index in [1.165, 1.54) is 4.74 Å². The molecule has 0 aliphatic carbocycles. The molecule has 2 bridgehead atoms. The Balaban J connectivity index is 2.13. The highest BCUT2D eigenvalue weighted by Gasteiger charge is 2.39. The second-order valence-electron chi connectivity index (χ2n) is 4.46. The number of hydrogen-bond acceptors (Lipinski definition) is 3. The molecule has 1 aliphatic rings. The van der Waals surface area contributed by atoms with Crippen LogP contribution in [0.1, 0.15) is 5.56 Å². The van der Waals surface area contributed by atoms with Crippen molar-refractivity contribution in [2.24, 2.45) is 0 Å². The van der Waals surface area contributed by atoms with Crippen molar-refractivity contribution in [1.82, 2.24) is 4.74 Å². The molecule has 0 unspecified atom stereocenters. The second kappa shape index (κ2) is 4.35. The first-order chi connectivity index (χ1) is 9.54. The highest BCUT2D eigenvalue weighted by atomic mass is 35.5. The molecule has 20 heavy (non-hydrogen) atoms. The Morgan fingerprint density at radius 1 is 1.40 bits per heavy atom. The Labute approximate surface area is 119 Å². The number of hydrogen-bond donors (Lipinski definition) is 1. The predicted molar refractivity (Wildman–Crippen MR) is 76.7 cm³/mol. The lowest BCUT2D eigenvalue weighted by atomic mass is 10.3. The highest BCUT2D eigenvalue weighted by Crippen LogP contribution is 2.24. The van der Waals surface area contributed by atoms with Crippen molar-refractivity contribution in [3.63, 3.8) is 0 Å². The van der Waals surface area contributed by atoms with Gasteiger partial charge in [0.2, 0.25) is 0 Å². The summed E-state index contributed by atoms with van der Waals surface area (Å²) in [6.07, 6.45) is 1.13. The van der Waals surface area contributed by atoms with Gasteiger partial charge >= 0.3 is 17.4 Å². The number of halogens is 1. The standard InChI is InChI=1S/C13H12ClN4O2/c1-8-11(19)18-13(16(2)12(8)20-18)17(7-15)10-5-3-9(14)4-6-10/h3-7,15H,1-2H3/q+1. The zero-order valence-corrected chi connectivity index (χ0v) is 11.7. The smallest absolute Gasteiger partial charge is 0.278 e. The Hall–Kier alpha value is -2.34. The van der Waals surface area contributed by atoms with Crippen LogP contribution >= 0.6 is 11.6 Å². The first-order valence-electron chi connectivity index (χ1n) is 5.94. The van der Waals surface area contributed by atoms with Gasteiger partial charge in [-0.3, -0.25) is 9.93 Å². The first-order valence-corrected chi connectivity index (χ1v) is 6.31. The molecular weight excluding hydrogens is 280 g/mol. The SMILES string of the molecule is Cc1c2on(c1=O)C(N(C=N)c1ccc(Cl)cc1)=[N+]2C. The van der Waals surface area contributed by atoms with Crippen molar-refractivity contribution in [1.29, 1.82) is 5.41 Å². The summed E-state index contributed by atoms with van der Waals surface area (Å²) in [6, 6.07) is 6.99. The molecule has 2 heterocycles. The van der Waals surface area contributed by atoms with E-state index in [9.17, 15) is 4.79 Å². The molecule has 102 valence electrons. The second-order valence-corrected chi connectivity index (χ2v) is 4.89. The fraction of sp³-hybridized carbons (Fsp3) is 0.154. The number of nitrogens with one attached hydrogen (secondary N) is 1. The maximum Gasteiger partial charge on any atom is 0.414 e. The molecule has 1 aromatic carbocycles. The third-order valence-corrected chi connectivity index (χ3v) is 3.49. The van der Waals surface area contributed by atoms with Crippen LogP contribution in [0.2, 0.25) is 5.02 Å². The lowest BCUT2D eigenvalue weighted by Crippen LogP contribution is -2.43. The lowest BCUT2D eigenvalue weighted by molar-refractivity contribution is -0.415. The molecule has 1 aliphatic heterocycles. The van der Waals surface area contributed by atoms with Gasteiger partial charge in [-0.15, -0.1) is 0 Å². The minimum atomic E-state index is -0.214. The van der Waals surface area contributed by atoms with Gasteiger partial charge in [0.25, 0.3) is 0 Å². The van der Waals surface area contributed by atoms with Crippen LogP contribution in [0.4, 0.5) is 11.6 Å². The molecule has 0 saturated heterocycles. The minimum Gasteiger partial charge on any atom is -0.278 e. The zero-order chi connectivity index (χ0) is 14.4. The van der Waals surface area contributed by atoms with E-state index in [0.717, 1.165) is 6.34 Å². The van der Waals surface area contributed by atoms with Gasteiger partial charge in [0.05, 0.1) is 7.05 Å². The molecule has 3 rings (SSSR count).